The van der Waals surface area contributed by atoms with Crippen molar-refractivity contribution < 1.29 is 0 Å². The molecule has 3 heteroatoms. The maximum absolute atomic E-state index is 4.16. The molecule has 0 aliphatic carbocycles. The van der Waals surface area contributed by atoms with Gasteiger partial charge in [-0.15, -0.1) is 0 Å². The summed E-state index contributed by atoms with van der Waals surface area (Å²) < 4.78 is 0. The Morgan fingerprint density at radius 1 is 1.31 bits per heavy atom. The van der Waals surface area contributed by atoms with E-state index in [0.717, 1.165) is 5.82 Å². The van der Waals surface area contributed by atoms with E-state index < -0.39 is 0 Å². The van der Waals surface area contributed by atoms with Crippen LogP contribution in [0.5, 0.6) is 0 Å². The van der Waals surface area contributed by atoms with Crippen LogP contribution in [0.3, 0.4) is 0 Å². The van der Waals surface area contributed by atoms with Gasteiger partial charge in [-0.05, 0) is 12.3 Å². The lowest BCUT2D eigenvalue weighted by atomic mass is 9.88. The fraction of sp³-hybridized carbons (Fsp3) is 0.600. The summed E-state index contributed by atoms with van der Waals surface area (Å²) in [6.07, 6.45) is 5.10. The largest absolute Gasteiger partial charge is 0.366 e. The summed E-state index contributed by atoms with van der Waals surface area (Å²) >= 11 is 0. The second kappa shape index (κ2) is 3.73. The van der Waals surface area contributed by atoms with Crippen molar-refractivity contribution in [2.45, 2.75) is 33.7 Å². The van der Waals surface area contributed by atoms with Gasteiger partial charge in [0, 0.05) is 18.4 Å². The Labute approximate surface area is 79.6 Å². The third kappa shape index (κ3) is 3.01. The first-order chi connectivity index (χ1) is 6.00. The van der Waals surface area contributed by atoms with Crippen LogP contribution in [-0.2, 0) is 0 Å². The molecule has 1 atom stereocenters. The van der Waals surface area contributed by atoms with Crippen LogP contribution in [0.2, 0.25) is 0 Å². The third-order valence-electron chi connectivity index (χ3n) is 2.23. The highest BCUT2D eigenvalue weighted by Crippen LogP contribution is 2.21. The van der Waals surface area contributed by atoms with E-state index in [2.05, 4.69) is 43.0 Å². The zero-order valence-electron chi connectivity index (χ0n) is 8.70. The number of anilines is 1. The van der Waals surface area contributed by atoms with Crippen molar-refractivity contribution in [3.63, 3.8) is 0 Å². The van der Waals surface area contributed by atoms with E-state index in [-0.39, 0.29) is 5.41 Å². The average molecular weight is 179 g/mol. The molecule has 0 bridgehead atoms. The number of rotatable bonds is 2. The zero-order valence-corrected chi connectivity index (χ0v) is 8.70. The minimum atomic E-state index is 0.234. The number of hydrogen-bond acceptors (Lipinski definition) is 3. The number of nitrogens with zero attached hydrogens (tertiary/aromatic N) is 2. The summed E-state index contributed by atoms with van der Waals surface area (Å²) in [6, 6.07) is 0.379. The van der Waals surface area contributed by atoms with Crippen molar-refractivity contribution >= 4 is 5.82 Å². The SMILES string of the molecule is CC(Nc1cnccn1)C(C)(C)C. The second-order valence-electron chi connectivity index (χ2n) is 4.32. The lowest BCUT2D eigenvalue weighted by molar-refractivity contribution is 0.358. The molecule has 0 aliphatic rings. The predicted molar refractivity (Wildman–Crippen MR) is 54.6 cm³/mol. The summed E-state index contributed by atoms with van der Waals surface area (Å²) in [5, 5.41) is 3.31. The average Bonchev–Trinajstić information content (AvgIpc) is 2.04. The minimum absolute atomic E-state index is 0.234. The van der Waals surface area contributed by atoms with Crippen molar-refractivity contribution in [1.82, 2.24) is 9.97 Å². The molecular weight excluding hydrogens is 162 g/mol. The molecule has 1 unspecified atom stereocenters. The van der Waals surface area contributed by atoms with Crippen LogP contribution in [0.1, 0.15) is 27.7 Å². The van der Waals surface area contributed by atoms with E-state index in [1.807, 2.05) is 0 Å². The topological polar surface area (TPSA) is 37.8 Å². The molecule has 0 saturated heterocycles. The van der Waals surface area contributed by atoms with Gasteiger partial charge in [0.2, 0.25) is 0 Å². The highest BCUT2D eigenvalue weighted by molar-refractivity contribution is 5.31. The second-order valence-corrected chi connectivity index (χ2v) is 4.32. The maximum Gasteiger partial charge on any atom is 0.144 e. The van der Waals surface area contributed by atoms with Gasteiger partial charge in [0.05, 0.1) is 6.20 Å². The number of nitrogens with one attached hydrogen (secondary N) is 1. The van der Waals surface area contributed by atoms with E-state index >= 15 is 0 Å². The van der Waals surface area contributed by atoms with Gasteiger partial charge in [0.1, 0.15) is 5.82 Å². The van der Waals surface area contributed by atoms with E-state index in [1.54, 1.807) is 18.6 Å². The molecule has 3 nitrogen and oxygen atoms in total. The Hall–Kier alpha value is -1.12. The fourth-order valence-corrected chi connectivity index (χ4v) is 0.812. The molecule has 1 heterocycles. The van der Waals surface area contributed by atoms with Crippen molar-refractivity contribution in [2.24, 2.45) is 5.41 Å². The molecule has 0 fully saturated rings. The van der Waals surface area contributed by atoms with Crippen molar-refractivity contribution in [1.29, 1.82) is 0 Å². The highest BCUT2D eigenvalue weighted by Gasteiger charge is 2.19. The monoisotopic (exact) mass is 179 g/mol. The Morgan fingerprint density at radius 2 is 2.00 bits per heavy atom. The van der Waals surface area contributed by atoms with E-state index in [9.17, 15) is 0 Å². The van der Waals surface area contributed by atoms with E-state index in [4.69, 9.17) is 0 Å². The highest BCUT2D eigenvalue weighted by atomic mass is 15.0. The maximum atomic E-state index is 4.16. The zero-order chi connectivity index (χ0) is 9.90. The van der Waals surface area contributed by atoms with Gasteiger partial charge < -0.3 is 5.32 Å². The Morgan fingerprint density at radius 3 is 2.46 bits per heavy atom. The van der Waals surface area contributed by atoms with Gasteiger partial charge in [-0.2, -0.15) is 0 Å². The van der Waals surface area contributed by atoms with Gasteiger partial charge in [-0.3, -0.25) is 4.98 Å². The molecule has 0 saturated carbocycles. The van der Waals surface area contributed by atoms with Crippen molar-refractivity contribution in [3.05, 3.63) is 18.6 Å². The smallest absolute Gasteiger partial charge is 0.144 e. The number of aromatic nitrogens is 2. The van der Waals surface area contributed by atoms with Gasteiger partial charge in [-0.1, -0.05) is 20.8 Å². The molecule has 0 spiro atoms. The van der Waals surface area contributed by atoms with Crippen LogP contribution in [-0.4, -0.2) is 16.0 Å². The van der Waals surface area contributed by atoms with E-state index in [0.29, 0.717) is 6.04 Å². The van der Waals surface area contributed by atoms with Crippen LogP contribution >= 0.6 is 0 Å². The summed E-state index contributed by atoms with van der Waals surface area (Å²) in [5.41, 5.74) is 0.234. The standard InChI is InChI=1S/C10H17N3/c1-8(10(2,3)4)13-9-7-11-5-6-12-9/h5-8H,1-4H3,(H,12,13). The van der Waals surface area contributed by atoms with Crippen molar-refractivity contribution in [2.75, 3.05) is 5.32 Å². The van der Waals surface area contributed by atoms with Gasteiger partial charge in [0.15, 0.2) is 0 Å². The van der Waals surface area contributed by atoms with Crippen LogP contribution < -0.4 is 5.32 Å². The molecule has 1 aromatic rings. The van der Waals surface area contributed by atoms with E-state index in [1.165, 1.54) is 0 Å². The lowest BCUT2D eigenvalue weighted by Gasteiger charge is -2.28. The van der Waals surface area contributed by atoms with Crippen LogP contribution in [0.4, 0.5) is 5.82 Å². The molecule has 72 valence electrons. The summed E-state index contributed by atoms with van der Waals surface area (Å²) in [5.74, 6) is 0.838. The van der Waals surface area contributed by atoms with Crippen LogP contribution in [0.15, 0.2) is 18.6 Å². The summed E-state index contributed by atoms with van der Waals surface area (Å²) in [7, 11) is 0. The van der Waals surface area contributed by atoms with Crippen LogP contribution in [0, 0.1) is 5.41 Å². The molecule has 0 aromatic carbocycles. The lowest BCUT2D eigenvalue weighted by Crippen LogP contribution is -2.31. The third-order valence-corrected chi connectivity index (χ3v) is 2.23. The van der Waals surface area contributed by atoms with Crippen LogP contribution in [0.25, 0.3) is 0 Å². The fourth-order valence-electron chi connectivity index (χ4n) is 0.812. The van der Waals surface area contributed by atoms with Crippen molar-refractivity contribution in [3.8, 4) is 0 Å². The summed E-state index contributed by atoms with van der Waals surface area (Å²) in [6.45, 7) is 8.73. The molecular formula is C10H17N3. The first kappa shape index (κ1) is 9.96. The molecule has 1 N–H and O–H groups in total. The van der Waals surface area contributed by atoms with Gasteiger partial charge in [0.25, 0.3) is 0 Å². The molecule has 0 amide bonds. The minimum Gasteiger partial charge on any atom is -0.366 e. The number of hydrogen-bond donors (Lipinski definition) is 1. The molecule has 0 radical (unpaired) electrons. The Kier molecular flexibility index (Phi) is 2.86. The molecule has 0 aliphatic heterocycles. The normalized spacial score (nSPS) is 13.8. The Bertz CT molecular complexity index is 251. The molecule has 1 rings (SSSR count). The molecule has 13 heavy (non-hydrogen) atoms. The van der Waals surface area contributed by atoms with Gasteiger partial charge >= 0.3 is 0 Å². The quantitative estimate of drug-likeness (QED) is 0.757. The first-order valence-electron chi connectivity index (χ1n) is 4.52. The first-order valence-corrected chi connectivity index (χ1v) is 4.52. The Balaban J connectivity index is 2.61. The summed E-state index contributed by atoms with van der Waals surface area (Å²) in [4.78, 5) is 8.15. The molecule has 1 aromatic heterocycles. The van der Waals surface area contributed by atoms with Gasteiger partial charge in [-0.25, -0.2) is 4.98 Å². The predicted octanol–water partition coefficient (Wildman–Crippen LogP) is 2.32.